The van der Waals surface area contributed by atoms with E-state index in [9.17, 15) is 4.79 Å². The van der Waals surface area contributed by atoms with Crippen LogP contribution < -0.4 is 4.74 Å². The molecular formula is C15H11NO2. The van der Waals surface area contributed by atoms with Crippen molar-refractivity contribution in [3.63, 3.8) is 0 Å². The Kier molecular flexibility index (Phi) is 2.65. The zero-order valence-corrected chi connectivity index (χ0v) is 9.61. The Bertz CT molecular complexity index is 641. The number of allylic oxidation sites excluding steroid dienone is 2. The van der Waals surface area contributed by atoms with Gasteiger partial charge in [0.15, 0.2) is 5.75 Å². The Morgan fingerprint density at radius 3 is 2.72 bits per heavy atom. The molecule has 3 nitrogen and oxygen atoms in total. The van der Waals surface area contributed by atoms with Gasteiger partial charge in [0.05, 0.1) is 5.92 Å². The third-order valence-electron chi connectivity index (χ3n) is 2.83. The van der Waals surface area contributed by atoms with Crippen LogP contribution >= 0.6 is 0 Å². The van der Waals surface area contributed by atoms with Crippen molar-refractivity contribution in [2.45, 2.75) is 0 Å². The van der Waals surface area contributed by atoms with Gasteiger partial charge in [-0.2, -0.15) is 0 Å². The summed E-state index contributed by atoms with van der Waals surface area (Å²) in [7, 11) is 0. The second-order valence-corrected chi connectivity index (χ2v) is 4.05. The van der Waals surface area contributed by atoms with Crippen LogP contribution in [0.1, 0.15) is 0 Å². The Morgan fingerprint density at radius 1 is 1.11 bits per heavy atom. The quantitative estimate of drug-likeness (QED) is 0.595. The van der Waals surface area contributed by atoms with Crippen molar-refractivity contribution in [2.75, 3.05) is 0 Å². The highest BCUT2D eigenvalue weighted by molar-refractivity contribution is 5.88. The van der Waals surface area contributed by atoms with Gasteiger partial charge in [0.25, 0.3) is 0 Å². The molecule has 0 saturated heterocycles. The Morgan fingerprint density at radius 2 is 1.89 bits per heavy atom. The van der Waals surface area contributed by atoms with Gasteiger partial charge in [0.2, 0.25) is 0 Å². The number of nitrogens with zero attached hydrogens (tertiary/aromatic N) is 1. The van der Waals surface area contributed by atoms with E-state index < -0.39 is 0 Å². The molecule has 3 rings (SSSR count). The monoisotopic (exact) mass is 237 g/mol. The first-order valence-electron chi connectivity index (χ1n) is 5.75. The zero-order chi connectivity index (χ0) is 12.4. The van der Waals surface area contributed by atoms with Crippen LogP contribution in [0.4, 0.5) is 0 Å². The standard InChI is InChI=1S/C15H11NO2/c17-15(12-5-1-2-6-12)18-13-9-3-7-11-8-4-10-16-14(11)13/h1-10,12H. The third kappa shape index (κ3) is 1.91. The number of carbonyl (C=O) groups is 1. The molecule has 0 bridgehead atoms. The molecule has 0 atom stereocenters. The van der Waals surface area contributed by atoms with Gasteiger partial charge in [-0.3, -0.25) is 9.78 Å². The van der Waals surface area contributed by atoms with Crippen LogP contribution in [-0.4, -0.2) is 11.0 Å². The fourth-order valence-corrected chi connectivity index (χ4v) is 1.92. The van der Waals surface area contributed by atoms with E-state index in [2.05, 4.69) is 4.98 Å². The Balaban J connectivity index is 1.93. The van der Waals surface area contributed by atoms with Gasteiger partial charge in [-0.25, -0.2) is 0 Å². The van der Waals surface area contributed by atoms with Crippen LogP contribution in [-0.2, 0) is 4.79 Å². The number of aromatic nitrogens is 1. The molecule has 0 N–H and O–H groups in total. The molecule has 0 radical (unpaired) electrons. The number of hydrogen-bond donors (Lipinski definition) is 0. The topological polar surface area (TPSA) is 39.2 Å². The first-order chi connectivity index (χ1) is 8.84. The van der Waals surface area contributed by atoms with Crippen LogP contribution in [0, 0.1) is 5.92 Å². The molecule has 1 aromatic heterocycles. The van der Waals surface area contributed by atoms with Crippen LogP contribution in [0.25, 0.3) is 10.9 Å². The molecule has 3 heteroatoms. The van der Waals surface area contributed by atoms with E-state index in [1.165, 1.54) is 0 Å². The number of carbonyl (C=O) groups excluding carboxylic acids is 1. The fourth-order valence-electron chi connectivity index (χ4n) is 1.92. The predicted octanol–water partition coefficient (Wildman–Crippen LogP) is 2.88. The molecule has 2 aromatic rings. The summed E-state index contributed by atoms with van der Waals surface area (Å²) in [6, 6.07) is 9.35. The molecule has 0 fully saturated rings. The number of benzene rings is 1. The number of pyridine rings is 1. The molecule has 18 heavy (non-hydrogen) atoms. The van der Waals surface area contributed by atoms with Gasteiger partial charge >= 0.3 is 5.97 Å². The molecule has 1 aromatic carbocycles. The lowest BCUT2D eigenvalue weighted by Gasteiger charge is -2.08. The molecule has 88 valence electrons. The van der Waals surface area contributed by atoms with Crippen molar-refractivity contribution < 1.29 is 9.53 Å². The Labute approximate surface area is 104 Å². The molecule has 1 heterocycles. The van der Waals surface area contributed by atoms with E-state index in [1.807, 2.05) is 36.4 Å². The maximum absolute atomic E-state index is 11.9. The van der Waals surface area contributed by atoms with E-state index in [4.69, 9.17) is 4.74 Å². The number of rotatable bonds is 2. The van der Waals surface area contributed by atoms with Crippen molar-refractivity contribution in [1.82, 2.24) is 4.98 Å². The largest absolute Gasteiger partial charge is 0.424 e. The average molecular weight is 237 g/mol. The van der Waals surface area contributed by atoms with Crippen molar-refractivity contribution in [2.24, 2.45) is 5.92 Å². The second kappa shape index (κ2) is 4.45. The van der Waals surface area contributed by atoms with Crippen LogP contribution in [0.5, 0.6) is 5.75 Å². The van der Waals surface area contributed by atoms with Crippen molar-refractivity contribution >= 4 is 16.9 Å². The van der Waals surface area contributed by atoms with Crippen molar-refractivity contribution in [3.8, 4) is 5.75 Å². The zero-order valence-electron chi connectivity index (χ0n) is 9.61. The number of ether oxygens (including phenoxy) is 1. The summed E-state index contributed by atoms with van der Waals surface area (Å²) in [5, 5.41) is 0.959. The summed E-state index contributed by atoms with van der Waals surface area (Å²) in [5.41, 5.74) is 0.708. The molecule has 0 amide bonds. The SMILES string of the molecule is O=C(Oc1cccc2cccnc12)C1C=CC=C1. The van der Waals surface area contributed by atoms with E-state index in [0.717, 1.165) is 5.39 Å². The lowest BCUT2D eigenvalue weighted by Crippen LogP contribution is -2.16. The van der Waals surface area contributed by atoms with Gasteiger partial charge in [0.1, 0.15) is 5.52 Å². The molecule has 1 aliphatic rings. The van der Waals surface area contributed by atoms with E-state index in [1.54, 1.807) is 24.4 Å². The van der Waals surface area contributed by atoms with Crippen LogP contribution in [0.3, 0.4) is 0 Å². The number of esters is 1. The lowest BCUT2D eigenvalue weighted by atomic mass is 10.2. The van der Waals surface area contributed by atoms with Crippen LogP contribution in [0.2, 0.25) is 0 Å². The minimum atomic E-state index is -0.288. The predicted molar refractivity (Wildman–Crippen MR) is 69.1 cm³/mol. The number of hydrogen-bond acceptors (Lipinski definition) is 3. The van der Waals surface area contributed by atoms with Gasteiger partial charge in [0, 0.05) is 11.6 Å². The first kappa shape index (κ1) is 10.7. The van der Waals surface area contributed by atoms with Gasteiger partial charge in [-0.1, -0.05) is 42.5 Å². The molecule has 0 aliphatic heterocycles. The molecule has 0 spiro atoms. The minimum absolute atomic E-state index is 0.279. The van der Waals surface area contributed by atoms with E-state index in [-0.39, 0.29) is 11.9 Å². The summed E-state index contributed by atoms with van der Waals surface area (Å²) < 4.78 is 5.41. The summed E-state index contributed by atoms with van der Waals surface area (Å²) in [4.78, 5) is 16.2. The highest BCUT2D eigenvalue weighted by Gasteiger charge is 2.17. The smallest absolute Gasteiger partial charge is 0.322 e. The summed E-state index contributed by atoms with van der Waals surface area (Å²) >= 11 is 0. The third-order valence-corrected chi connectivity index (χ3v) is 2.83. The van der Waals surface area contributed by atoms with E-state index >= 15 is 0 Å². The fraction of sp³-hybridized carbons (Fsp3) is 0.0667. The first-order valence-corrected chi connectivity index (χ1v) is 5.75. The van der Waals surface area contributed by atoms with Crippen molar-refractivity contribution in [3.05, 3.63) is 60.8 Å². The molecule has 1 aliphatic carbocycles. The van der Waals surface area contributed by atoms with E-state index in [0.29, 0.717) is 11.3 Å². The van der Waals surface area contributed by atoms with Gasteiger partial charge < -0.3 is 4.74 Å². The highest BCUT2D eigenvalue weighted by Crippen LogP contribution is 2.24. The minimum Gasteiger partial charge on any atom is -0.424 e. The Hall–Kier alpha value is -2.42. The maximum Gasteiger partial charge on any atom is 0.322 e. The highest BCUT2D eigenvalue weighted by atomic mass is 16.5. The van der Waals surface area contributed by atoms with Crippen LogP contribution in [0.15, 0.2) is 60.8 Å². The number of para-hydroxylation sites is 1. The second-order valence-electron chi connectivity index (χ2n) is 4.05. The average Bonchev–Trinajstić information content (AvgIpc) is 2.93. The number of fused-ring (bicyclic) bond motifs is 1. The maximum atomic E-state index is 11.9. The van der Waals surface area contributed by atoms with Gasteiger partial charge in [-0.15, -0.1) is 0 Å². The summed E-state index contributed by atoms with van der Waals surface area (Å²) in [5.74, 6) is -0.0612. The summed E-state index contributed by atoms with van der Waals surface area (Å²) in [6.07, 6.45) is 8.98. The van der Waals surface area contributed by atoms with Gasteiger partial charge in [-0.05, 0) is 12.1 Å². The normalized spacial score (nSPS) is 14.2. The molecular weight excluding hydrogens is 226 g/mol. The molecule has 0 saturated carbocycles. The van der Waals surface area contributed by atoms with Crippen molar-refractivity contribution in [1.29, 1.82) is 0 Å². The lowest BCUT2D eigenvalue weighted by molar-refractivity contribution is -0.135. The summed E-state index contributed by atoms with van der Waals surface area (Å²) in [6.45, 7) is 0. The molecule has 0 unspecified atom stereocenters.